The number of halogens is 2. The standard InChI is InChI=1S/C15H20F2O2/c1-10(2)5-4-8-19-11(3)15(18)12-6-7-13(16)14(17)9-12/h6-7,9-11H,4-5,8H2,1-3H3. The molecule has 0 fully saturated rings. The molecule has 0 aliphatic rings. The lowest BCUT2D eigenvalue weighted by molar-refractivity contribution is 0.0458. The van der Waals surface area contributed by atoms with E-state index < -0.39 is 17.7 Å². The predicted molar refractivity (Wildman–Crippen MR) is 70.2 cm³/mol. The lowest BCUT2D eigenvalue weighted by Crippen LogP contribution is -2.21. The van der Waals surface area contributed by atoms with E-state index in [-0.39, 0.29) is 11.3 Å². The summed E-state index contributed by atoms with van der Waals surface area (Å²) in [6, 6.07) is 3.13. The quantitative estimate of drug-likeness (QED) is 0.553. The summed E-state index contributed by atoms with van der Waals surface area (Å²) in [4.78, 5) is 11.9. The van der Waals surface area contributed by atoms with Gasteiger partial charge in [0, 0.05) is 12.2 Å². The maximum Gasteiger partial charge on any atom is 0.191 e. The van der Waals surface area contributed by atoms with Crippen molar-refractivity contribution in [3.63, 3.8) is 0 Å². The second-order valence-corrected chi connectivity index (χ2v) is 5.04. The van der Waals surface area contributed by atoms with Crippen LogP contribution in [-0.4, -0.2) is 18.5 Å². The summed E-state index contributed by atoms with van der Waals surface area (Å²) in [6.45, 7) is 6.36. The first-order valence-electron chi connectivity index (χ1n) is 6.52. The highest BCUT2D eigenvalue weighted by atomic mass is 19.2. The van der Waals surface area contributed by atoms with Crippen LogP contribution in [-0.2, 0) is 4.74 Å². The lowest BCUT2D eigenvalue weighted by atomic mass is 10.1. The van der Waals surface area contributed by atoms with Crippen LogP contribution < -0.4 is 0 Å². The zero-order valence-corrected chi connectivity index (χ0v) is 11.6. The first-order chi connectivity index (χ1) is 8.91. The van der Waals surface area contributed by atoms with Crippen molar-refractivity contribution in [2.75, 3.05) is 6.61 Å². The first-order valence-corrected chi connectivity index (χ1v) is 6.52. The summed E-state index contributed by atoms with van der Waals surface area (Å²) in [5, 5.41) is 0. The molecule has 0 bridgehead atoms. The third-order valence-electron chi connectivity index (χ3n) is 2.87. The van der Waals surface area contributed by atoms with Crippen molar-refractivity contribution in [1.29, 1.82) is 0 Å². The summed E-state index contributed by atoms with van der Waals surface area (Å²) in [7, 11) is 0. The highest BCUT2D eigenvalue weighted by Gasteiger charge is 2.17. The largest absolute Gasteiger partial charge is 0.370 e. The van der Waals surface area contributed by atoms with Crippen molar-refractivity contribution in [1.82, 2.24) is 0 Å². The lowest BCUT2D eigenvalue weighted by Gasteiger charge is -2.13. The van der Waals surface area contributed by atoms with Gasteiger partial charge >= 0.3 is 0 Å². The SMILES string of the molecule is CC(C)CCCOC(C)C(=O)c1ccc(F)c(F)c1. The predicted octanol–water partition coefficient (Wildman–Crippen LogP) is 3.99. The number of hydrogen-bond donors (Lipinski definition) is 0. The molecular formula is C15H20F2O2. The third-order valence-corrected chi connectivity index (χ3v) is 2.87. The molecule has 0 heterocycles. The van der Waals surface area contributed by atoms with Crippen LogP contribution in [0.1, 0.15) is 44.0 Å². The van der Waals surface area contributed by atoms with E-state index in [9.17, 15) is 13.6 Å². The molecule has 2 nitrogen and oxygen atoms in total. The van der Waals surface area contributed by atoms with Crippen LogP contribution in [0.3, 0.4) is 0 Å². The fourth-order valence-electron chi connectivity index (χ4n) is 1.71. The topological polar surface area (TPSA) is 26.3 Å². The summed E-state index contributed by atoms with van der Waals surface area (Å²) in [5.74, 6) is -1.70. The molecule has 1 aromatic carbocycles. The summed E-state index contributed by atoms with van der Waals surface area (Å²) in [5.41, 5.74) is 0.134. The number of Topliss-reactive ketones (excluding diaryl/α,β-unsaturated/α-hetero) is 1. The maximum absolute atomic E-state index is 13.0. The zero-order valence-electron chi connectivity index (χ0n) is 11.6. The van der Waals surface area contributed by atoms with E-state index in [2.05, 4.69) is 13.8 Å². The normalized spacial score (nSPS) is 12.7. The van der Waals surface area contributed by atoms with E-state index >= 15 is 0 Å². The second-order valence-electron chi connectivity index (χ2n) is 5.04. The van der Waals surface area contributed by atoms with Crippen molar-refractivity contribution in [3.8, 4) is 0 Å². The van der Waals surface area contributed by atoms with Crippen LogP contribution in [0.5, 0.6) is 0 Å². The van der Waals surface area contributed by atoms with E-state index in [0.29, 0.717) is 12.5 Å². The molecule has 19 heavy (non-hydrogen) atoms. The molecule has 0 radical (unpaired) electrons. The van der Waals surface area contributed by atoms with Gasteiger partial charge in [-0.25, -0.2) is 8.78 Å². The maximum atomic E-state index is 13.0. The molecule has 1 atom stereocenters. The van der Waals surface area contributed by atoms with Crippen LogP contribution in [0.2, 0.25) is 0 Å². The molecule has 0 amide bonds. The van der Waals surface area contributed by atoms with Gasteiger partial charge in [0.15, 0.2) is 17.4 Å². The fraction of sp³-hybridized carbons (Fsp3) is 0.533. The smallest absolute Gasteiger partial charge is 0.191 e. The summed E-state index contributed by atoms with van der Waals surface area (Å²) < 4.78 is 31.2. The number of carbonyl (C=O) groups is 1. The fourth-order valence-corrected chi connectivity index (χ4v) is 1.71. The van der Waals surface area contributed by atoms with Gasteiger partial charge < -0.3 is 4.74 Å². The van der Waals surface area contributed by atoms with Crippen LogP contribution >= 0.6 is 0 Å². The number of carbonyl (C=O) groups excluding carboxylic acids is 1. The Kier molecular flexibility index (Phi) is 6.09. The van der Waals surface area contributed by atoms with Crippen molar-refractivity contribution in [3.05, 3.63) is 35.4 Å². The molecule has 0 aliphatic heterocycles. The molecule has 0 spiro atoms. The van der Waals surface area contributed by atoms with Crippen LogP contribution in [0.25, 0.3) is 0 Å². The van der Waals surface area contributed by atoms with E-state index in [1.165, 1.54) is 6.07 Å². The van der Waals surface area contributed by atoms with Crippen molar-refractivity contribution in [2.45, 2.75) is 39.7 Å². The summed E-state index contributed by atoms with van der Waals surface area (Å²) in [6.07, 6.45) is 1.27. The number of ketones is 1. The van der Waals surface area contributed by atoms with E-state index in [1.807, 2.05) is 0 Å². The number of rotatable bonds is 7. The van der Waals surface area contributed by atoms with Crippen LogP contribution in [0.15, 0.2) is 18.2 Å². The molecule has 4 heteroatoms. The van der Waals surface area contributed by atoms with Crippen molar-refractivity contribution >= 4 is 5.78 Å². The zero-order chi connectivity index (χ0) is 14.4. The Morgan fingerprint density at radius 1 is 1.21 bits per heavy atom. The van der Waals surface area contributed by atoms with Crippen LogP contribution in [0, 0.1) is 17.6 Å². The van der Waals surface area contributed by atoms with Gasteiger partial charge in [0.05, 0.1) is 0 Å². The molecule has 1 unspecified atom stereocenters. The monoisotopic (exact) mass is 270 g/mol. The Morgan fingerprint density at radius 2 is 1.89 bits per heavy atom. The minimum absolute atomic E-state index is 0.134. The Morgan fingerprint density at radius 3 is 2.47 bits per heavy atom. The molecular weight excluding hydrogens is 250 g/mol. The molecule has 0 saturated carbocycles. The van der Waals surface area contributed by atoms with E-state index in [1.54, 1.807) is 6.92 Å². The molecule has 1 aromatic rings. The van der Waals surface area contributed by atoms with Crippen LogP contribution in [0.4, 0.5) is 8.78 Å². The molecule has 106 valence electrons. The van der Waals surface area contributed by atoms with Gasteiger partial charge in [0.2, 0.25) is 0 Å². The van der Waals surface area contributed by atoms with Gasteiger partial charge in [-0.2, -0.15) is 0 Å². The Balaban J connectivity index is 2.49. The Labute approximate surface area is 112 Å². The minimum Gasteiger partial charge on any atom is -0.370 e. The average Bonchev–Trinajstić information content (AvgIpc) is 2.36. The Bertz CT molecular complexity index is 430. The minimum atomic E-state index is -1.02. The third kappa shape index (κ3) is 5.07. The average molecular weight is 270 g/mol. The molecule has 1 rings (SSSR count). The van der Waals surface area contributed by atoms with Gasteiger partial charge in [-0.3, -0.25) is 4.79 Å². The van der Waals surface area contributed by atoms with Gasteiger partial charge in [-0.1, -0.05) is 13.8 Å². The highest BCUT2D eigenvalue weighted by molar-refractivity contribution is 5.99. The summed E-state index contributed by atoms with van der Waals surface area (Å²) >= 11 is 0. The van der Waals surface area contributed by atoms with E-state index in [0.717, 1.165) is 25.0 Å². The first kappa shape index (κ1) is 15.8. The van der Waals surface area contributed by atoms with Gasteiger partial charge in [0.25, 0.3) is 0 Å². The van der Waals surface area contributed by atoms with Gasteiger partial charge in [-0.15, -0.1) is 0 Å². The number of benzene rings is 1. The Hall–Kier alpha value is -1.29. The van der Waals surface area contributed by atoms with Gasteiger partial charge in [0.1, 0.15) is 6.10 Å². The highest BCUT2D eigenvalue weighted by Crippen LogP contribution is 2.12. The van der Waals surface area contributed by atoms with Crippen molar-refractivity contribution < 1.29 is 18.3 Å². The van der Waals surface area contributed by atoms with Gasteiger partial charge in [-0.05, 0) is 43.9 Å². The number of ether oxygens (including phenoxy) is 1. The van der Waals surface area contributed by atoms with Crippen molar-refractivity contribution in [2.24, 2.45) is 5.92 Å². The molecule has 0 aliphatic carbocycles. The second kappa shape index (κ2) is 7.34. The number of hydrogen-bond acceptors (Lipinski definition) is 2. The molecule has 0 aromatic heterocycles. The molecule has 0 N–H and O–H groups in total. The van der Waals surface area contributed by atoms with E-state index in [4.69, 9.17) is 4.74 Å². The molecule has 0 saturated heterocycles.